The molecule has 7 atom stereocenters. The minimum atomic E-state index is -1.81. The van der Waals surface area contributed by atoms with Gasteiger partial charge in [-0.25, -0.2) is 13.6 Å². The van der Waals surface area contributed by atoms with Gasteiger partial charge in [0.2, 0.25) is 47.3 Å². The molecule has 0 saturated heterocycles. The molecule has 0 fully saturated rings. The van der Waals surface area contributed by atoms with E-state index in [4.69, 9.17) is 10.8 Å². The number of carboxylic acids is 2. The highest BCUT2D eigenvalue weighted by Crippen LogP contribution is 2.41. The number of nitrogens with two attached hydrogens (primary N) is 1. The molecular formula is C61H88F2N10O14. The standard InChI is InChI=1S/C61H88F2N10O14/c1-10-40(11-2)49(75)20-16-13-17-28-71(9)38(5)57(83)67-36(3)55(81)66-37(4)56(82)70-47(32-50(64)76)59(85)69-45(58(84)65-27-25-51(77)68-46(60(86)87)23-24-53(79)80)26-29-73(52(78)35-74)54(61(6,7)8)48-30-41(43-31-42(62)21-22-44(43)63)34-72(48)33-39-18-14-12-15-19-39/h12,14-15,18-19,21-22,30-31,34,36-38,40,45-47,54,74H,10-11,13,16-17,20,23-29,32-33,35H2,1-9H3,(H2,64,76)(H,65,84)(H,66,81)(H,67,83)(H,68,77)(H,69,85)(H,70,82)(H,79,80)(H,86,87)/t36-,37+,38-,45-,46+,47-,54-/m0/s1. The first kappa shape index (κ1) is 73.1. The van der Waals surface area contributed by atoms with E-state index in [1.165, 1.54) is 18.7 Å². The van der Waals surface area contributed by atoms with Crippen LogP contribution in [0.2, 0.25) is 0 Å². The molecular weight excluding hydrogens is 1130 g/mol. The number of nitrogens with zero attached hydrogens (tertiary/aromatic N) is 3. The fourth-order valence-corrected chi connectivity index (χ4v) is 9.81. The number of aliphatic hydroxyl groups excluding tert-OH is 1. The number of carbonyl (C=O) groups excluding carboxylic acids is 9. The van der Waals surface area contributed by atoms with Gasteiger partial charge in [0.1, 0.15) is 54.2 Å². The summed E-state index contributed by atoms with van der Waals surface area (Å²) < 4.78 is 31.9. The highest BCUT2D eigenvalue weighted by Gasteiger charge is 2.39. The van der Waals surface area contributed by atoms with Crippen molar-refractivity contribution in [1.82, 2.24) is 46.3 Å². The minimum Gasteiger partial charge on any atom is -0.481 e. The number of aliphatic carboxylic acids is 2. The Morgan fingerprint density at radius 2 is 1.31 bits per heavy atom. The van der Waals surface area contributed by atoms with Crippen LogP contribution in [0.5, 0.6) is 0 Å². The van der Waals surface area contributed by atoms with Crippen LogP contribution in [0.25, 0.3) is 11.1 Å². The summed E-state index contributed by atoms with van der Waals surface area (Å²) in [5.74, 6) is -11.3. The number of amides is 8. The number of hydrogen-bond donors (Lipinski definition) is 10. The molecule has 0 bridgehead atoms. The lowest BCUT2D eigenvalue weighted by atomic mass is 9.82. The Balaban J connectivity index is 1.93. The Morgan fingerprint density at radius 1 is 0.690 bits per heavy atom. The summed E-state index contributed by atoms with van der Waals surface area (Å²) in [7, 11) is 1.75. The third-order valence-electron chi connectivity index (χ3n) is 14.9. The smallest absolute Gasteiger partial charge is 0.326 e. The van der Waals surface area contributed by atoms with Crippen LogP contribution < -0.4 is 37.6 Å². The molecule has 8 amide bonds. The molecule has 0 aliphatic heterocycles. The number of halogens is 2. The second-order valence-electron chi connectivity index (χ2n) is 22.8. The molecule has 24 nitrogen and oxygen atoms in total. The van der Waals surface area contributed by atoms with Crippen molar-refractivity contribution in [2.24, 2.45) is 17.1 Å². The summed E-state index contributed by atoms with van der Waals surface area (Å²) in [5.41, 5.74) is 5.91. The maximum atomic E-state index is 15.4. The maximum absolute atomic E-state index is 15.4. The van der Waals surface area contributed by atoms with Crippen molar-refractivity contribution in [2.45, 2.75) is 175 Å². The molecule has 1 heterocycles. The van der Waals surface area contributed by atoms with Crippen LogP contribution in [0.3, 0.4) is 0 Å². The molecule has 26 heteroatoms. The van der Waals surface area contributed by atoms with E-state index < -0.39 is 170 Å². The van der Waals surface area contributed by atoms with E-state index >= 15 is 4.39 Å². The number of aromatic nitrogens is 1. The molecule has 0 aliphatic rings. The van der Waals surface area contributed by atoms with Gasteiger partial charge in [-0.2, -0.15) is 0 Å². The van der Waals surface area contributed by atoms with Crippen LogP contribution in [0, 0.1) is 23.0 Å². The topological polar surface area (TPSA) is 358 Å². The first-order valence-corrected chi connectivity index (χ1v) is 29.3. The minimum absolute atomic E-state index is 0.0625. The highest BCUT2D eigenvalue weighted by atomic mass is 19.1. The van der Waals surface area contributed by atoms with Crippen molar-refractivity contribution in [1.29, 1.82) is 0 Å². The van der Waals surface area contributed by atoms with Gasteiger partial charge in [0.25, 0.3) is 0 Å². The summed E-state index contributed by atoms with van der Waals surface area (Å²) in [6.45, 7) is 12.3. The molecule has 0 radical (unpaired) electrons. The Morgan fingerprint density at radius 3 is 1.90 bits per heavy atom. The number of benzene rings is 2. The zero-order chi connectivity index (χ0) is 65.3. The van der Waals surface area contributed by atoms with E-state index in [1.54, 1.807) is 74.7 Å². The lowest BCUT2D eigenvalue weighted by Crippen LogP contribution is -2.58. The van der Waals surface area contributed by atoms with Crippen LogP contribution in [-0.2, 0) is 59.3 Å². The number of carboxylic acid groups (broad SMARTS) is 2. The Labute approximate surface area is 506 Å². The lowest BCUT2D eigenvalue weighted by molar-refractivity contribution is -0.143. The van der Waals surface area contributed by atoms with Crippen LogP contribution in [-0.4, -0.2) is 164 Å². The van der Waals surface area contributed by atoms with Crippen LogP contribution >= 0.6 is 0 Å². The fourth-order valence-electron chi connectivity index (χ4n) is 9.81. The van der Waals surface area contributed by atoms with E-state index in [2.05, 4.69) is 31.9 Å². The second-order valence-corrected chi connectivity index (χ2v) is 22.8. The SMILES string of the molecule is CCC(CC)C(=O)CCCCCN(C)[C@@H](C)C(=O)N[C@@H](C)C(=O)N[C@H](C)C(=O)N[C@@H](CC(N)=O)C(=O)N[C@@H](CCN(C(=O)CO)[C@@H](c1cc(-c2cc(F)ccc2F)cn1Cc1ccccc1)C(C)(C)C)C(=O)NCCC(=O)N[C@H](CCC(=O)O)C(=O)O. The van der Waals surface area contributed by atoms with E-state index in [0.29, 0.717) is 18.7 Å². The maximum Gasteiger partial charge on any atom is 0.326 e. The van der Waals surface area contributed by atoms with Crippen LogP contribution in [0.1, 0.15) is 143 Å². The van der Waals surface area contributed by atoms with Gasteiger partial charge >= 0.3 is 11.9 Å². The van der Waals surface area contributed by atoms with Gasteiger partial charge in [-0.3, -0.25) is 52.8 Å². The molecule has 2 aromatic carbocycles. The number of unbranched alkanes of at least 4 members (excludes halogenated alkanes) is 2. The highest BCUT2D eigenvalue weighted by molar-refractivity contribution is 5.97. The number of Topliss-reactive ketones (excluding diaryl/α,β-unsaturated/α-hetero) is 1. The van der Waals surface area contributed by atoms with Crippen molar-refractivity contribution >= 4 is 65.0 Å². The zero-order valence-electron chi connectivity index (χ0n) is 51.2. The summed E-state index contributed by atoms with van der Waals surface area (Å²) in [6, 6.07) is 4.23. The lowest BCUT2D eigenvalue weighted by Gasteiger charge is -2.41. The third-order valence-corrected chi connectivity index (χ3v) is 14.9. The summed E-state index contributed by atoms with van der Waals surface area (Å²) >= 11 is 0. The first-order chi connectivity index (χ1) is 40.9. The van der Waals surface area contributed by atoms with Crippen LogP contribution in [0.4, 0.5) is 8.78 Å². The summed E-state index contributed by atoms with van der Waals surface area (Å²) in [5, 5.41) is 43.7. The number of rotatable bonds is 38. The number of carbonyl (C=O) groups is 11. The predicted molar refractivity (Wildman–Crippen MR) is 318 cm³/mol. The summed E-state index contributed by atoms with van der Waals surface area (Å²) in [6.07, 6.45) is 3.03. The first-order valence-electron chi connectivity index (χ1n) is 29.3. The van der Waals surface area contributed by atoms with Crippen molar-refractivity contribution in [3.63, 3.8) is 0 Å². The molecule has 0 unspecified atom stereocenters. The van der Waals surface area contributed by atoms with Crippen molar-refractivity contribution in [2.75, 3.05) is 33.3 Å². The average Bonchev–Trinajstić information content (AvgIpc) is 1.98. The fraction of sp³-hybridized carbons (Fsp3) is 0.557. The average molecular weight is 1220 g/mol. The molecule has 3 rings (SSSR count). The van der Waals surface area contributed by atoms with Gasteiger partial charge in [-0.05, 0) is 108 Å². The monoisotopic (exact) mass is 1220 g/mol. The normalized spacial score (nSPS) is 13.9. The van der Waals surface area contributed by atoms with Crippen molar-refractivity contribution < 1.29 is 76.8 Å². The second kappa shape index (κ2) is 35.5. The van der Waals surface area contributed by atoms with E-state index in [-0.39, 0.29) is 29.4 Å². The number of primary amides is 1. The number of ketones is 1. The largest absolute Gasteiger partial charge is 0.481 e. The number of nitrogens with one attached hydrogen (secondary N) is 6. The van der Waals surface area contributed by atoms with Crippen molar-refractivity contribution in [3.05, 3.63) is 83.7 Å². The number of likely N-dealkylation sites (N-methyl/N-ethyl adjacent to an activating group) is 1. The van der Waals surface area contributed by atoms with Gasteiger partial charge in [0, 0.05) is 67.8 Å². The number of aliphatic hydroxyl groups is 1. The van der Waals surface area contributed by atoms with Crippen LogP contribution in [0.15, 0.2) is 60.8 Å². The Bertz CT molecular complexity index is 2860. The molecule has 0 spiro atoms. The molecule has 87 heavy (non-hydrogen) atoms. The van der Waals surface area contributed by atoms with E-state index in [0.717, 1.165) is 55.9 Å². The molecule has 0 aliphatic carbocycles. The number of hydrogen-bond acceptors (Lipinski definition) is 13. The van der Waals surface area contributed by atoms with Crippen molar-refractivity contribution in [3.8, 4) is 11.1 Å². The van der Waals surface area contributed by atoms with Gasteiger partial charge in [0.05, 0.1) is 18.5 Å². The molecule has 480 valence electrons. The molecule has 1 aromatic heterocycles. The Kier molecular flexibility index (Phi) is 29.8. The summed E-state index contributed by atoms with van der Waals surface area (Å²) in [4.78, 5) is 147. The van der Waals surface area contributed by atoms with Gasteiger partial charge in [-0.15, -0.1) is 0 Å². The van der Waals surface area contributed by atoms with E-state index in [1.807, 2.05) is 26.0 Å². The third kappa shape index (κ3) is 23.9. The zero-order valence-corrected chi connectivity index (χ0v) is 51.2. The molecule has 11 N–H and O–H groups in total. The van der Waals surface area contributed by atoms with E-state index in [9.17, 15) is 67.3 Å². The van der Waals surface area contributed by atoms with Gasteiger partial charge in [-0.1, -0.05) is 71.4 Å². The van der Waals surface area contributed by atoms with Gasteiger partial charge in [0.15, 0.2) is 0 Å². The molecule has 3 aromatic rings. The molecule has 0 saturated carbocycles. The quantitative estimate of drug-likeness (QED) is 0.0367. The van der Waals surface area contributed by atoms with Gasteiger partial charge < -0.3 is 62.4 Å². The Hall–Kier alpha value is -8.13. The predicted octanol–water partition coefficient (Wildman–Crippen LogP) is 3.46.